The third-order valence-electron chi connectivity index (χ3n) is 3.80. The predicted octanol–water partition coefficient (Wildman–Crippen LogP) is 4.56. The van der Waals surface area contributed by atoms with Gasteiger partial charge in [-0.25, -0.2) is 9.18 Å². The minimum Gasteiger partial charge on any atom is -0.483 e. The summed E-state index contributed by atoms with van der Waals surface area (Å²) in [6.45, 7) is 11.8. The number of carboxylic acid groups (broad SMARTS) is 1. The number of allylic oxidation sites excluding steroid dienone is 1. The summed E-state index contributed by atoms with van der Waals surface area (Å²) in [4.78, 5) is 29.4. The van der Waals surface area contributed by atoms with E-state index in [0.29, 0.717) is 18.7 Å². The van der Waals surface area contributed by atoms with E-state index < -0.39 is 11.7 Å². The van der Waals surface area contributed by atoms with Gasteiger partial charge in [-0.1, -0.05) is 18.2 Å². The highest BCUT2D eigenvalue weighted by Crippen LogP contribution is 2.15. The van der Waals surface area contributed by atoms with Crippen LogP contribution in [0.2, 0.25) is 0 Å². The maximum absolute atomic E-state index is 13.0. The van der Waals surface area contributed by atoms with Gasteiger partial charge < -0.3 is 15.2 Å². The minimum absolute atomic E-state index is 0.146. The van der Waals surface area contributed by atoms with Crippen molar-refractivity contribution in [3.8, 4) is 0 Å². The van der Waals surface area contributed by atoms with Crippen molar-refractivity contribution in [3.63, 3.8) is 0 Å². The Labute approximate surface area is 183 Å². The molecule has 0 fully saturated rings. The van der Waals surface area contributed by atoms with Crippen LogP contribution in [0.5, 0.6) is 0 Å². The molecule has 1 aromatic carbocycles. The molecule has 1 atom stereocenters. The van der Waals surface area contributed by atoms with Crippen LogP contribution in [0.4, 0.5) is 9.18 Å². The molecular weight excluding hydrogens is 401 g/mol. The average Bonchev–Trinajstić information content (AvgIpc) is 2.61. The van der Waals surface area contributed by atoms with E-state index in [1.165, 1.54) is 12.1 Å². The molecule has 170 valence electrons. The number of nitrogens with zero attached hydrogens (tertiary/aromatic N) is 2. The van der Waals surface area contributed by atoms with E-state index in [1.54, 1.807) is 12.1 Å². The monoisotopic (exact) mass is 433 g/mol. The van der Waals surface area contributed by atoms with Crippen molar-refractivity contribution < 1.29 is 23.8 Å². The summed E-state index contributed by atoms with van der Waals surface area (Å²) in [6.07, 6.45) is 3.75. The summed E-state index contributed by atoms with van der Waals surface area (Å²) in [6, 6.07) is 6.10. The number of hydrogen-bond donors (Lipinski definition) is 2. The van der Waals surface area contributed by atoms with Gasteiger partial charge in [0.2, 0.25) is 0 Å². The molecule has 1 aliphatic carbocycles. The van der Waals surface area contributed by atoms with Crippen LogP contribution in [0, 0.1) is 5.82 Å². The smallest absolute Gasteiger partial charge is 0.434 e. The first-order valence-electron chi connectivity index (χ1n) is 9.95. The van der Waals surface area contributed by atoms with E-state index in [0.717, 1.165) is 11.3 Å². The highest BCUT2D eigenvalue weighted by molar-refractivity contribution is 6.16. The second-order valence-corrected chi connectivity index (χ2v) is 9.03. The minimum atomic E-state index is -0.601. The molecule has 2 N–H and O–H groups in total. The Kier molecular flexibility index (Phi) is 9.71. The lowest BCUT2D eigenvalue weighted by molar-refractivity contribution is -0.122. The van der Waals surface area contributed by atoms with Crippen LogP contribution in [-0.4, -0.2) is 46.3 Å². The Morgan fingerprint density at radius 1 is 1.23 bits per heavy atom. The molecule has 0 aromatic heterocycles. The lowest BCUT2D eigenvalue weighted by atomic mass is 9.95. The maximum atomic E-state index is 13.0. The Bertz CT molecular complexity index is 832. The van der Waals surface area contributed by atoms with Crippen LogP contribution in [0.15, 0.2) is 46.4 Å². The molecule has 1 unspecified atom stereocenters. The zero-order chi connectivity index (χ0) is 23.7. The Morgan fingerprint density at radius 3 is 2.32 bits per heavy atom. The molecule has 1 amide bonds. The number of hydrogen-bond acceptors (Lipinski definition) is 5. The first-order chi connectivity index (χ1) is 14.3. The molecule has 0 aliphatic heterocycles. The highest BCUT2D eigenvalue weighted by atomic mass is 19.1. The van der Waals surface area contributed by atoms with E-state index in [-0.39, 0.29) is 23.9 Å². The molecule has 1 aliphatic rings. The van der Waals surface area contributed by atoms with Gasteiger partial charge in [-0.15, -0.1) is 0 Å². The standard InChI is InChI=1S/C22H30FN3O2.CH2O2/c1-21(2,3)26-18-12-11-17(24-14-15-7-9-16(23)10-8-15)13-19(18)25-20(27)28-22(4,5)6;2-1-3/h7-12,18,26H,13-14H2,1-6H3;1H,(H,2,3). The summed E-state index contributed by atoms with van der Waals surface area (Å²) in [5.74, 6) is -0.267. The van der Waals surface area contributed by atoms with Gasteiger partial charge in [-0.3, -0.25) is 9.79 Å². The second-order valence-electron chi connectivity index (χ2n) is 9.03. The van der Waals surface area contributed by atoms with Gasteiger partial charge in [0.1, 0.15) is 11.4 Å². The number of nitrogens with one attached hydrogen (secondary N) is 1. The molecule has 1 aromatic rings. The van der Waals surface area contributed by atoms with Gasteiger partial charge in [0.15, 0.2) is 0 Å². The third kappa shape index (κ3) is 11.2. The van der Waals surface area contributed by atoms with Crippen LogP contribution in [0.3, 0.4) is 0 Å². The predicted molar refractivity (Wildman–Crippen MR) is 120 cm³/mol. The number of benzene rings is 1. The van der Waals surface area contributed by atoms with Crippen molar-refractivity contribution >= 4 is 24.0 Å². The fraction of sp³-hybridized carbons (Fsp3) is 0.478. The first-order valence-corrected chi connectivity index (χ1v) is 9.95. The molecule has 31 heavy (non-hydrogen) atoms. The van der Waals surface area contributed by atoms with Gasteiger partial charge in [0, 0.05) is 17.7 Å². The van der Waals surface area contributed by atoms with E-state index >= 15 is 0 Å². The Balaban J connectivity index is 0.00000151. The topological polar surface area (TPSA) is 100 Å². The normalized spacial score (nSPS) is 19.0. The van der Waals surface area contributed by atoms with Crippen molar-refractivity contribution in [1.82, 2.24) is 5.32 Å². The van der Waals surface area contributed by atoms with Crippen molar-refractivity contribution in [2.45, 2.75) is 71.7 Å². The zero-order valence-corrected chi connectivity index (χ0v) is 19.0. The quantitative estimate of drug-likeness (QED) is 0.681. The molecule has 0 saturated carbocycles. The lowest BCUT2D eigenvalue weighted by Crippen LogP contribution is -2.48. The number of carbonyl (C=O) groups excluding carboxylic acids is 1. The summed E-state index contributed by atoms with van der Waals surface area (Å²) in [7, 11) is 0. The van der Waals surface area contributed by atoms with Gasteiger partial charge in [0.05, 0.1) is 18.3 Å². The van der Waals surface area contributed by atoms with Gasteiger partial charge >= 0.3 is 6.09 Å². The van der Waals surface area contributed by atoms with Crippen LogP contribution in [-0.2, 0) is 16.1 Å². The second kappa shape index (κ2) is 11.5. The lowest BCUT2D eigenvalue weighted by Gasteiger charge is -2.30. The van der Waals surface area contributed by atoms with Crippen LogP contribution in [0.25, 0.3) is 0 Å². The number of ether oxygens (including phenoxy) is 1. The van der Waals surface area contributed by atoms with Crippen LogP contribution in [0.1, 0.15) is 53.5 Å². The maximum Gasteiger partial charge on any atom is 0.434 e. The van der Waals surface area contributed by atoms with Gasteiger partial charge in [-0.2, -0.15) is 4.99 Å². The number of aliphatic imine (C=N–C) groups is 2. The molecular formula is C23H32FN3O4. The van der Waals surface area contributed by atoms with Gasteiger partial charge in [0.25, 0.3) is 6.47 Å². The number of rotatable bonds is 3. The molecule has 7 nitrogen and oxygen atoms in total. The summed E-state index contributed by atoms with van der Waals surface area (Å²) in [5.41, 5.74) is 1.66. The molecule has 0 spiro atoms. The molecule has 0 bridgehead atoms. The number of amides is 1. The largest absolute Gasteiger partial charge is 0.483 e. The average molecular weight is 434 g/mol. The SMILES string of the molecule is CC(C)(C)NC1C=CC(=NCc2ccc(F)cc2)CC1=NC(=O)OC(C)(C)C.O=CO. The summed E-state index contributed by atoms with van der Waals surface area (Å²) >= 11 is 0. The first kappa shape index (κ1) is 26.2. The van der Waals surface area contributed by atoms with Gasteiger partial charge in [-0.05, 0) is 65.3 Å². The van der Waals surface area contributed by atoms with E-state index in [9.17, 15) is 9.18 Å². The van der Waals surface area contributed by atoms with Crippen LogP contribution >= 0.6 is 0 Å². The Morgan fingerprint density at radius 2 is 1.81 bits per heavy atom. The van der Waals surface area contributed by atoms with Crippen LogP contribution < -0.4 is 5.32 Å². The van der Waals surface area contributed by atoms with Crippen molar-refractivity contribution in [3.05, 3.63) is 47.8 Å². The van der Waals surface area contributed by atoms with E-state index in [4.69, 9.17) is 14.6 Å². The van der Waals surface area contributed by atoms with Crippen molar-refractivity contribution in [1.29, 1.82) is 0 Å². The fourth-order valence-corrected chi connectivity index (χ4v) is 2.67. The summed E-state index contributed by atoms with van der Waals surface area (Å²) in [5, 5.41) is 10.3. The van der Waals surface area contributed by atoms with Crippen molar-refractivity contribution in [2.24, 2.45) is 9.98 Å². The third-order valence-corrected chi connectivity index (χ3v) is 3.80. The molecule has 2 rings (SSSR count). The van der Waals surface area contributed by atoms with E-state index in [1.807, 2.05) is 32.9 Å². The number of halogens is 1. The number of carbonyl (C=O) groups is 2. The van der Waals surface area contributed by atoms with E-state index in [2.05, 4.69) is 36.1 Å². The highest BCUT2D eigenvalue weighted by Gasteiger charge is 2.26. The van der Waals surface area contributed by atoms with Crippen molar-refractivity contribution in [2.75, 3.05) is 0 Å². The molecule has 0 radical (unpaired) electrons. The fourth-order valence-electron chi connectivity index (χ4n) is 2.67. The summed E-state index contributed by atoms with van der Waals surface area (Å²) < 4.78 is 18.4. The zero-order valence-electron chi connectivity index (χ0n) is 19.0. The molecule has 8 heteroatoms. The Hall–Kier alpha value is -2.87. The molecule has 0 saturated heterocycles. The molecule has 0 heterocycles.